The molecule has 1 amide bonds. The summed E-state index contributed by atoms with van der Waals surface area (Å²) in [5.41, 5.74) is 8.08. The summed E-state index contributed by atoms with van der Waals surface area (Å²) in [7, 11) is 0. The normalized spacial score (nSPS) is 17.1. The van der Waals surface area contributed by atoms with E-state index >= 15 is 0 Å². The number of hydrogen-bond acceptors (Lipinski definition) is 3. The van der Waals surface area contributed by atoms with Crippen molar-refractivity contribution in [2.75, 3.05) is 5.32 Å². The first kappa shape index (κ1) is 19.8. The predicted octanol–water partition coefficient (Wildman–Crippen LogP) is 5.59. The number of fused-ring (bicyclic) bond motifs is 1. The second-order valence-electron chi connectivity index (χ2n) is 6.64. The molecule has 0 bridgehead atoms. The van der Waals surface area contributed by atoms with E-state index in [1.165, 1.54) is 0 Å². The van der Waals surface area contributed by atoms with Crippen LogP contribution in [0.1, 0.15) is 22.9 Å². The number of rotatable bonds is 5. The molecule has 0 aliphatic carbocycles. The van der Waals surface area contributed by atoms with E-state index in [1.54, 1.807) is 29.5 Å². The minimum absolute atomic E-state index is 0.178. The van der Waals surface area contributed by atoms with Crippen molar-refractivity contribution in [3.63, 3.8) is 0 Å². The molecule has 8 heteroatoms. The van der Waals surface area contributed by atoms with Crippen LogP contribution in [0, 0.1) is 0 Å². The largest absolute Gasteiger partial charge is 0.370 e. The van der Waals surface area contributed by atoms with Crippen molar-refractivity contribution in [2.45, 2.75) is 19.0 Å². The van der Waals surface area contributed by atoms with Gasteiger partial charge < -0.3 is 16.0 Å². The van der Waals surface area contributed by atoms with Gasteiger partial charge in [0, 0.05) is 15.6 Å². The standard InChI is InChI=1S/C21H18Cl2N4OS/c22-13-7-8-18(16(23)10-13)26-21-25-17-6-2-1-5-15(17)19(11-20(24)28)27(21)12-14-4-3-9-29-14/h1-10,19H,11-12H2,(H2,24,28)(H,25,26). The number of aliphatic imine (C=N–C) groups is 1. The molecule has 0 saturated heterocycles. The zero-order chi connectivity index (χ0) is 20.4. The molecule has 3 N–H and O–H groups in total. The van der Waals surface area contributed by atoms with Crippen LogP contribution in [0.5, 0.6) is 0 Å². The highest BCUT2D eigenvalue weighted by molar-refractivity contribution is 7.09. The summed E-state index contributed by atoms with van der Waals surface area (Å²) in [5, 5.41) is 6.41. The van der Waals surface area contributed by atoms with Crippen molar-refractivity contribution in [3.05, 3.63) is 80.5 Å². The van der Waals surface area contributed by atoms with Gasteiger partial charge in [0.15, 0.2) is 0 Å². The number of nitrogens with zero attached hydrogens (tertiary/aromatic N) is 2. The summed E-state index contributed by atoms with van der Waals surface area (Å²) in [6.07, 6.45) is 0.178. The number of para-hydroxylation sites is 1. The quantitative estimate of drug-likeness (QED) is 0.538. The van der Waals surface area contributed by atoms with Gasteiger partial charge in [0.1, 0.15) is 0 Å². The van der Waals surface area contributed by atoms with E-state index in [0.29, 0.717) is 28.2 Å². The van der Waals surface area contributed by atoms with Crippen LogP contribution in [0.2, 0.25) is 10.0 Å². The highest BCUT2D eigenvalue weighted by Crippen LogP contribution is 2.38. The van der Waals surface area contributed by atoms with Gasteiger partial charge in [-0.25, -0.2) is 4.99 Å². The molecule has 1 atom stereocenters. The lowest BCUT2D eigenvalue weighted by Gasteiger charge is -2.39. The number of benzene rings is 2. The van der Waals surface area contributed by atoms with Crippen LogP contribution in [0.15, 0.2) is 65.0 Å². The Bertz CT molecular complexity index is 1070. The molecule has 29 heavy (non-hydrogen) atoms. The summed E-state index contributed by atoms with van der Waals surface area (Å²) >= 11 is 14.0. The van der Waals surface area contributed by atoms with Gasteiger partial charge in [-0.3, -0.25) is 4.79 Å². The van der Waals surface area contributed by atoms with Crippen molar-refractivity contribution in [1.29, 1.82) is 0 Å². The summed E-state index contributed by atoms with van der Waals surface area (Å²) in [4.78, 5) is 19.9. The molecular formula is C21H18Cl2N4OS. The average Bonchev–Trinajstić information content (AvgIpc) is 3.19. The Morgan fingerprint density at radius 2 is 2.00 bits per heavy atom. The topological polar surface area (TPSA) is 70.7 Å². The second-order valence-corrected chi connectivity index (χ2v) is 8.51. The molecule has 3 aromatic rings. The van der Waals surface area contributed by atoms with Gasteiger partial charge in [-0.1, -0.05) is 47.5 Å². The summed E-state index contributed by atoms with van der Waals surface area (Å²) in [6.45, 7) is 0.584. The van der Waals surface area contributed by atoms with Gasteiger partial charge in [-0.05, 0) is 41.3 Å². The lowest BCUT2D eigenvalue weighted by Crippen LogP contribution is -2.44. The van der Waals surface area contributed by atoms with Gasteiger partial charge in [0.2, 0.25) is 11.9 Å². The first-order valence-corrected chi connectivity index (χ1v) is 10.6. The third kappa shape index (κ3) is 4.40. The Hall–Kier alpha value is -2.54. The van der Waals surface area contributed by atoms with Crippen LogP contribution < -0.4 is 11.1 Å². The highest BCUT2D eigenvalue weighted by Gasteiger charge is 2.32. The summed E-state index contributed by atoms with van der Waals surface area (Å²) in [5.74, 6) is 0.235. The molecule has 1 aromatic heterocycles. The van der Waals surface area contributed by atoms with Crippen LogP contribution in [-0.4, -0.2) is 16.8 Å². The molecule has 148 valence electrons. The molecule has 2 heterocycles. The maximum absolute atomic E-state index is 11.9. The lowest BCUT2D eigenvalue weighted by atomic mass is 9.97. The minimum atomic E-state index is -0.369. The fraction of sp³-hybridized carbons (Fsp3) is 0.143. The summed E-state index contributed by atoms with van der Waals surface area (Å²) in [6, 6.07) is 16.8. The van der Waals surface area contributed by atoms with E-state index in [4.69, 9.17) is 33.9 Å². The van der Waals surface area contributed by atoms with Crippen LogP contribution in [-0.2, 0) is 11.3 Å². The maximum Gasteiger partial charge on any atom is 0.219 e. The fourth-order valence-electron chi connectivity index (χ4n) is 3.35. The van der Waals surface area contributed by atoms with E-state index < -0.39 is 0 Å². The van der Waals surface area contributed by atoms with Crippen molar-refractivity contribution < 1.29 is 4.79 Å². The fourth-order valence-corrected chi connectivity index (χ4v) is 4.51. The zero-order valence-corrected chi connectivity index (χ0v) is 17.6. The van der Waals surface area contributed by atoms with E-state index in [2.05, 4.69) is 16.3 Å². The number of guanidine groups is 1. The molecule has 2 aromatic carbocycles. The number of nitrogens with two attached hydrogens (primary N) is 1. The Balaban J connectivity index is 1.82. The first-order valence-electron chi connectivity index (χ1n) is 8.98. The van der Waals surface area contributed by atoms with Gasteiger partial charge in [0.25, 0.3) is 0 Å². The molecule has 0 radical (unpaired) electrons. The third-order valence-corrected chi connectivity index (χ3v) is 6.05. The van der Waals surface area contributed by atoms with E-state index in [-0.39, 0.29) is 18.4 Å². The van der Waals surface area contributed by atoms with E-state index in [9.17, 15) is 4.79 Å². The average molecular weight is 445 g/mol. The number of thiophene rings is 1. The Morgan fingerprint density at radius 1 is 1.17 bits per heavy atom. The van der Waals surface area contributed by atoms with Crippen LogP contribution >= 0.6 is 34.5 Å². The van der Waals surface area contributed by atoms with E-state index in [1.807, 2.05) is 35.7 Å². The SMILES string of the molecule is NC(=O)CC1c2ccccc2NC(=Nc2ccc(Cl)cc2Cl)N1Cc1cccs1. The first-order chi connectivity index (χ1) is 14.0. The molecule has 0 fully saturated rings. The molecule has 1 aliphatic heterocycles. The number of hydrogen-bond donors (Lipinski definition) is 2. The third-order valence-electron chi connectivity index (χ3n) is 4.65. The number of nitrogens with one attached hydrogen (secondary N) is 1. The summed E-state index contributed by atoms with van der Waals surface area (Å²) < 4.78 is 0. The molecule has 4 rings (SSSR count). The number of carbonyl (C=O) groups excluding carboxylic acids is 1. The van der Waals surface area contributed by atoms with Crippen molar-refractivity contribution in [2.24, 2.45) is 10.7 Å². The monoisotopic (exact) mass is 444 g/mol. The van der Waals surface area contributed by atoms with Gasteiger partial charge in [0.05, 0.1) is 29.7 Å². The number of halogens is 2. The van der Waals surface area contributed by atoms with E-state index in [0.717, 1.165) is 16.1 Å². The van der Waals surface area contributed by atoms with Crippen LogP contribution in [0.25, 0.3) is 0 Å². The molecule has 1 unspecified atom stereocenters. The zero-order valence-electron chi connectivity index (χ0n) is 15.3. The molecule has 1 aliphatic rings. The number of primary amides is 1. The molecule has 0 spiro atoms. The molecular weight excluding hydrogens is 427 g/mol. The number of anilines is 1. The highest BCUT2D eigenvalue weighted by atomic mass is 35.5. The Kier molecular flexibility index (Phi) is 5.76. The van der Waals surface area contributed by atoms with Crippen molar-refractivity contribution >= 4 is 57.8 Å². The van der Waals surface area contributed by atoms with Gasteiger partial charge >= 0.3 is 0 Å². The van der Waals surface area contributed by atoms with Crippen LogP contribution in [0.3, 0.4) is 0 Å². The number of amides is 1. The second kappa shape index (κ2) is 8.45. The minimum Gasteiger partial charge on any atom is -0.370 e. The molecule has 0 saturated carbocycles. The van der Waals surface area contributed by atoms with Gasteiger partial charge in [-0.15, -0.1) is 11.3 Å². The van der Waals surface area contributed by atoms with Crippen LogP contribution in [0.4, 0.5) is 11.4 Å². The Morgan fingerprint density at radius 3 is 2.72 bits per heavy atom. The molecule has 5 nitrogen and oxygen atoms in total. The smallest absolute Gasteiger partial charge is 0.219 e. The Labute approximate surface area is 182 Å². The predicted molar refractivity (Wildman–Crippen MR) is 120 cm³/mol. The maximum atomic E-state index is 11.9. The van der Waals surface area contributed by atoms with Crippen molar-refractivity contribution in [3.8, 4) is 0 Å². The number of carbonyl (C=O) groups is 1. The van der Waals surface area contributed by atoms with Gasteiger partial charge in [-0.2, -0.15) is 0 Å². The lowest BCUT2D eigenvalue weighted by molar-refractivity contribution is -0.119. The van der Waals surface area contributed by atoms with Crippen molar-refractivity contribution in [1.82, 2.24) is 4.90 Å².